The molecule has 0 aliphatic heterocycles. The molecule has 0 aliphatic carbocycles. The highest BCUT2D eigenvalue weighted by molar-refractivity contribution is 9.10. The van der Waals surface area contributed by atoms with E-state index in [1.54, 1.807) is 23.6 Å². The zero-order chi connectivity index (χ0) is 13.1. The van der Waals surface area contributed by atoms with Crippen LogP contribution in [0.25, 0.3) is 0 Å². The Bertz CT molecular complexity index is 618. The number of H-pyrrole nitrogens is 1. The third-order valence-corrected chi connectivity index (χ3v) is 3.53. The van der Waals surface area contributed by atoms with Crippen LogP contribution in [-0.2, 0) is 6.54 Å². The van der Waals surface area contributed by atoms with E-state index in [1.807, 2.05) is 0 Å². The number of hydrogen-bond acceptors (Lipinski definition) is 3. The Kier molecular flexibility index (Phi) is 4.21. The van der Waals surface area contributed by atoms with Crippen LogP contribution in [0.4, 0.5) is 0 Å². The van der Waals surface area contributed by atoms with E-state index in [0.717, 1.165) is 15.8 Å². The zero-order valence-corrected chi connectivity index (χ0v) is 12.2. The van der Waals surface area contributed by atoms with Gasteiger partial charge >= 0.3 is 4.87 Å². The van der Waals surface area contributed by atoms with Crippen LogP contribution in [0, 0.1) is 0 Å². The summed E-state index contributed by atoms with van der Waals surface area (Å²) < 4.78 is 0.740. The smallest absolute Gasteiger partial charge is 0.304 e. The number of thiazole rings is 1. The molecule has 0 unspecified atom stereocenters. The molecule has 7 heteroatoms. The topological polar surface area (TPSA) is 62.0 Å². The SMILES string of the molecule is O=C(NCc1csc(=O)[nH]1)c1cc(Cl)cc(Br)c1. The molecule has 0 bridgehead atoms. The molecule has 1 heterocycles. The maximum absolute atomic E-state index is 11.9. The lowest BCUT2D eigenvalue weighted by molar-refractivity contribution is 0.0950. The van der Waals surface area contributed by atoms with Gasteiger partial charge in [0.2, 0.25) is 0 Å². The highest BCUT2D eigenvalue weighted by Gasteiger charge is 2.08. The number of carbonyl (C=O) groups is 1. The molecule has 0 spiro atoms. The Morgan fingerprint density at radius 1 is 1.44 bits per heavy atom. The Morgan fingerprint density at radius 2 is 2.22 bits per heavy atom. The molecule has 0 atom stereocenters. The van der Waals surface area contributed by atoms with Gasteiger partial charge in [-0.2, -0.15) is 0 Å². The van der Waals surface area contributed by atoms with Crippen LogP contribution in [-0.4, -0.2) is 10.9 Å². The fourth-order valence-corrected chi connectivity index (χ4v) is 2.80. The van der Waals surface area contributed by atoms with E-state index in [0.29, 0.717) is 16.3 Å². The number of amides is 1. The van der Waals surface area contributed by atoms with E-state index in [9.17, 15) is 9.59 Å². The first-order valence-corrected chi connectivity index (χ1v) is 7.00. The third kappa shape index (κ3) is 3.44. The van der Waals surface area contributed by atoms with Crippen LogP contribution < -0.4 is 10.2 Å². The first-order chi connectivity index (χ1) is 8.54. The van der Waals surface area contributed by atoms with Crippen molar-refractivity contribution >= 4 is 44.8 Å². The number of carbonyl (C=O) groups excluding carboxylic acids is 1. The van der Waals surface area contributed by atoms with E-state index in [4.69, 9.17) is 11.6 Å². The lowest BCUT2D eigenvalue weighted by Crippen LogP contribution is -2.23. The van der Waals surface area contributed by atoms with Gasteiger partial charge in [-0.05, 0) is 18.2 Å². The summed E-state index contributed by atoms with van der Waals surface area (Å²) in [5.74, 6) is -0.245. The highest BCUT2D eigenvalue weighted by Crippen LogP contribution is 2.19. The van der Waals surface area contributed by atoms with Gasteiger partial charge in [-0.25, -0.2) is 0 Å². The van der Waals surface area contributed by atoms with Crippen molar-refractivity contribution < 1.29 is 4.79 Å². The number of benzene rings is 1. The van der Waals surface area contributed by atoms with Crippen molar-refractivity contribution in [2.45, 2.75) is 6.54 Å². The molecule has 2 rings (SSSR count). The largest absolute Gasteiger partial charge is 0.346 e. The summed E-state index contributed by atoms with van der Waals surface area (Å²) in [6.45, 7) is 0.279. The molecule has 1 aromatic carbocycles. The fraction of sp³-hybridized carbons (Fsp3) is 0.0909. The van der Waals surface area contributed by atoms with Crippen LogP contribution in [0.3, 0.4) is 0 Å². The van der Waals surface area contributed by atoms with Gasteiger partial charge in [-0.1, -0.05) is 38.9 Å². The summed E-state index contributed by atoms with van der Waals surface area (Å²) in [5, 5.41) is 4.86. The minimum absolute atomic E-state index is 0.134. The van der Waals surface area contributed by atoms with Gasteiger partial charge in [-0.15, -0.1) is 0 Å². The molecule has 0 saturated carbocycles. The minimum Gasteiger partial charge on any atom is -0.346 e. The zero-order valence-electron chi connectivity index (χ0n) is 9.00. The lowest BCUT2D eigenvalue weighted by Gasteiger charge is -2.04. The molecule has 0 saturated heterocycles. The maximum Gasteiger partial charge on any atom is 0.304 e. The van der Waals surface area contributed by atoms with Gasteiger partial charge in [0, 0.05) is 26.1 Å². The van der Waals surface area contributed by atoms with Crippen molar-refractivity contribution in [2.24, 2.45) is 0 Å². The van der Waals surface area contributed by atoms with E-state index < -0.39 is 0 Å². The number of aromatic amines is 1. The quantitative estimate of drug-likeness (QED) is 0.897. The Labute approximate surface area is 120 Å². The van der Waals surface area contributed by atoms with Crippen molar-refractivity contribution in [1.29, 1.82) is 0 Å². The van der Waals surface area contributed by atoms with Crippen LogP contribution in [0.2, 0.25) is 5.02 Å². The van der Waals surface area contributed by atoms with E-state index in [1.165, 1.54) is 0 Å². The highest BCUT2D eigenvalue weighted by atomic mass is 79.9. The van der Waals surface area contributed by atoms with Gasteiger partial charge in [-0.3, -0.25) is 9.59 Å². The summed E-state index contributed by atoms with van der Waals surface area (Å²) in [6.07, 6.45) is 0. The van der Waals surface area contributed by atoms with Crippen LogP contribution in [0.15, 0.2) is 32.8 Å². The first-order valence-electron chi connectivity index (χ1n) is 4.95. The second kappa shape index (κ2) is 5.69. The Balaban J connectivity index is 2.05. The minimum atomic E-state index is -0.245. The summed E-state index contributed by atoms with van der Waals surface area (Å²) in [6, 6.07) is 4.96. The molecule has 1 aromatic heterocycles. The normalized spacial score (nSPS) is 10.3. The van der Waals surface area contributed by atoms with E-state index >= 15 is 0 Å². The van der Waals surface area contributed by atoms with Crippen molar-refractivity contribution in [3.8, 4) is 0 Å². The number of nitrogens with one attached hydrogen (secondary N) is 2. The molecule has 0 aliphatic rings. The van der Waals surface area contributed by atoms with E-state index in [2.05, 4.69) is 26.2 Å². The van der Waals surface area contributed by atoms with Gasteiger partial charge in [0.15, 0.2) is 0 Å². The number of halogens is 2. The average Bonchev–Trinajstić information content (AvgIpc) is 2.70. The van der Waals surface area contributed by atoms with Gasteiger partial charge < -0.3 is 10.3 Å². The lowest BCUT2D eigenvalue weighted by atomic mass is 10.2. The summed E-state index contributed by atoms with van der Waals surface area (Å²) in [4.78, 5) is 25.3. The van der Waals surface area contributed by atoms with Crippen molar-refractivity contribution in [1.82, 2.24) is 10.3 Å². The predicted octanol–water partition coefficient (Wildman–Crippen LogP) is 2.78. The molecule has 0 radical (unpaired) electrons. The maximum atomic E-state index is 11.9. The third-order valence-electron chi connectivity index (χ3n) is 2.13. The van der Waals surface area contributed by atoms with Gasteiger partial charge in [0.25, 0.3) is 5.91 Å². The summed E-state index contributed by atoms with van der Waals surface area (Å²) in [5.41, 5.74) is 1.14. The number of aromatic nitrogens is 1. The molecular formula is C11H8BrClN2O2S. The monoisotopic (exact) mass is 346 g/mol. The second-order valence-corrected chi connectivity index (χ2v) is 5.71. The van der Waals surface area contributed by atoms with Crippen molar-refractivity contribution in [2.75, 3.05) is 0 Å². The molecule has 4 nitrogen and oxygen atoms in total. The number of hydrogen-bond donors (Lipinski definition) is 2. The molecule has 0 fully saturated rings. The summed E-state index contributed by atoms with van der Waals surface area (Å²) >= 11 is 10.2. The van der Waals surface area contributed by atoms with Crippen LogP contribution in [0.1, 0.15) is 16.1 Å². The van der Waals surface area contributed by atoms with Crippen LogP contribution >= 0.6 is 38.9 Å². The van der Waals surface area contributed by atoms with Gasteiger partial charge in [0.05, 0.1) is 6.54 Å². The predicted molar refractivity (Wildman–Crippen MR) is 75.3 cm³/mol. The Morgan fingerprint density at radius 3 is 2.83 bits per heavy atom. The van der Waals surface area contributed by atoms with E-state index in [-0.39, 0.29) is 17.3 Å². The second-order valence-electron chi connectivity index (χ2n) is 3.51. The molecule has 94 valence electrons. The fourth-order valence-electron chi connectivity index (χ4n) is 1.36. The van der Waals surface area contributed by atoms with Crippen molar-refractivity contribution in [3.05, 3.63) is 54.0 Å². The van der Waals surface area contributed by atoms with Crippen LogP contribution in [0.5, 0.6) is 0 Å². The average molecular weight is 348 g/mol. The molecule has 2 N–H and O–H groups in total. The molecule has 1 amide bonds. The first kappa shape index (κ1) is 13.3. The molecule has 18 heavy (non-hydrogen) atoms. The van der Waals surface area contributed by atoms with Crippen molar-refractivity contribution in [3.63, 3.8) is 0 Å². The standard InChI is InChI=1S/C11H8BrClN2O2S/c12-7-1-6(2-8(13)3-7)10(16)14-4-9-5-18-11(17)15-9/h1-3,5H,4H2,(H,14,16)(H,15,17). The number of rotatable bonds is 3. The summed E-state index contributed by atoms with van der Waals surface area (Å²) in [7, 11) is 0. The molecule has 2 aromatic rings. The van der Waals surface area contributed by atoms with Gasteiger partial charge in [0.1, 0.15) is 0 Å². The molecular weight excluding hydrogens is 340 g/mol. The Hall–Kier alpha value is -1.11.